The Morgan fingerprint density at radius 3 is 2.81 bits per heavy atom. The minimum Gasteiger partial charge on any atom is -0.375 e. The van der Waals surface area contributed by atoms with Gasteiger partial charge in [0.1, 0.15) is 12.2 Å². The first-order valence-corrected chi connectivity index (χ1v) is 6.61. The summed E-state index contributed by atoms with van der Waals surface area (Å²) in [5.74, 6) is 0.638. The molecule has 0 saturated heterocycles. The van der Waals surface area contributed by atoms with E-state index in [9.17, 15) is 4.79 Å². The lowest BCUT2D eigenvalue weighted by Gasteiger charge is -2.20. The van der Waals surface area contributed by atoms with Gasteiger partial charge in [-0.1, -0.05) is 30.3 Å². The molecule has 0 spiro atoms. The van der Waals surface area contributed by atoms with Crippen LogP contribution in [0.25, 0.3) is 0 Å². The molecule has 0 aliphatic carbocycles. The average molecular weight is 289 g/mol. The van der Waals surface area contributed by atoms with Crippen molar-refractivity contribution in [2.75, 3.05) is 20.7 Å². The van der Waals surface area contributed by atoms with Crippen LogP contribution < -0.4 is 5.32 Å². The van der Waals surface area contributed by atoms with E-state index in [0.29, 0.717) is 18.9 Å². The van der Waals surface area contributed by atoms with Crippen LogP contribution in [0.3, 0.4) is 0 Å². The quantitative estimate of drug-likeness (QED) is 0.840. The molecule has 112 valence electrons. The molecule has 1 aromatic carbocycles. The molecular formula is C14H19N5O2. The van der Waals surface area contributed by atoms with Gasteiger partial charge in [-0.3, -0.25) is 5.10 Å². The zero-order valence-electron chi connectivity index (χ0n) is 12.1. The predicted molar refractivity (Wildman–Crippen MR) is 77.4 cm³/mol. The Morgan fingerprint density at radius 1 is 1.43 bits per heavy atom. The Bertz CT molecular complexity index is 544. The number of amides is 2. The molecule has 7 nitrogen and oxygen atoms in total. The number of rotatable bonds is 6. The molecule has 0 bridgehead atoms. The fourth-order valence-electron chi connectivity index (χ4n) is 1.92. The molecule has 0 unspecified atom stereocenters. The number of ether oxygens (including phenoxy) is 1. The number of carbonyl (C=O) groups is 1. The zero-order chi connectivity index (χ0) is 15.1. The molecule has 0 aliphatic heterocycles. The smallest absolute Gasteiger partial charge is 0.317 e. The summed E-state index contributed by atoms with van der Waals surface area (Å²) in [7, 11) is 3.32. The van der Waals surface area contributed by atoms with E-state index < -0.39 is 0 Å². The van der Waals surface area contributed by atoms with Crippen molar-refractivity contribution in [1.82, 2.24) is 25.4 Å². The van der Waals surface area contributed by atoms with Crippen molar-refractivity contribution < 1.29 is 9.53 Å². The van der Waals surface area contributed by atoms with Crippen LogP contribution in [0, 0.1) is 0 Å². The van der Waals surface area contributed by atoms with E-state index in [1.807, 2.05) is 30.3 Å². The molecule has 0 saturated carbocycles. The number of carbonyl (C=O) groups excluding carboxylic acids is 1. The second kappa shape index (κ2) is 7.39. The number of hydrogen-bond donors (Lipinski definition) is 2. The van der Waals surface area contributed by atoms with Crippen molar-refractivity contribution >= 4 is 6.03 Å². The molecule has 2 N–H and O–H groups in total. The van der Waals surface area contributed by atoms with Gasteiger partial charge in [0.25, 0.3) is 0 Å². The predicted octanol–water partition coefficient (Wildman–Crippen LogP) is 1.33. The number of aromatic amines is 1. The van der Waals surface area contributed by atoms with Crippen molar-refractivity contribution in [2.45, 2.75) is 12.6 Å². The Hall–Kier alpha value is -2.41. The van der Waals surface area contributed by atoms with Gasteiger partial charge in [-0.15, -0.1) is 0 Å². The van der Waals surface area contributed by atoms with Crippen LogP contribution in [0.15, 0.2) is 36.7 Å². The molecule has 1 heterocycles. The van der Waals surface area contributed by atoms with E-state index in [4.69, 9.17) is 4.74 Å². The van der Waals surface area contributed by atoms with Crippen molar-refractivity contribution in [3.63, 3.8) is 0 Å². The highest BCUT2D eigenvalue weighted by Crippen LogP contribution is 2.14. The van der Waals surface area contributed by atoms with E-state index in [-0.39, 0.29) is 12.1 Å². The summed E-state index contributed by atoms with van der Waals surface area (Å²) in [5.41, 5.74) is 1.03. The number of nitrogens with zero attached hydrogens (tertiary/aromatic N) is 3. The topological polar surface area (TPSA) is 83.1 Å². The van der Waals surface area contributed by atoms with Crippen LogP contribution in [-0.4, -0.2) is 46.8 Å². The first kappa shape index (κ1) is 15.0. The molecule has 2 amide bonds. The monoisotopic (exact) mass is 289 g/mol. The summed E-state index contributed by atoms with van der Waals surface area (Å²) in [6, 6.07) is 9.58. The van der Waals surface area contributed by atoms with Gasteiger partial charge in [-0.05, 0) is 5.56 Å². The van der Waals surface area contributed by atoms with Crippen LogP contribution in [0.1, 0.15) is 17.5 Å². The molecule has 1 aromatic heterocycles. The van der Waals surface area contributed by atoms with Gasteiger partial charge in [-0.25, -0.2) is 9.78 Å². The van der Waals surface area contributed by atoms with Gasteiger partial charge in [0, 0.05) is 20.7 Å². The Labute approximate surface area is 123 Å². The Kier molecular flexibility index (Phi) is 5.28. The third-order valence-electron chi connectivity index (χ3n) is 3.09. The normalized spacial score (nSPS) is 11.9. The molecule has 1 atom stereocenters. The second-order valence-corrected chi connectivity index (χ2v) is 4.61. The van der Waals surface area contributed by atoms with E-state index in [1.54, 1.807) is 14.2 Å². The largest absolute Gasteiger partial charge is 0.375 e. The summed E-state index contributed by atoms with van der Waals surface area (Å²) in [6.45, 7) is 0.773. The first-order chi connectivity index (χ1) is 10.2. The van der Waals surface area contributed by atoms with Crippen LogP contribution in [0.5, 0.6) is 0 Å². The maximum Gasteiger partial charge on any atom is 0.317 e. The summed E-state index contributed by atoms with van der Waals surface area (Å²) in [5, 5.41) is 9.31. The third kappa shape index (κ3) is 4.28. The van der Waals surface area contributed by atoms with E-state index in [0.717, 1.165) is 5.56 Å². The van der Waals surface area contributed by atoms with Crippen molar-refractivity contribution in [3.8, 4) is 0 Å². The molecular weight excluding hydrogens is 270 g/mol. The maximum atomic E-state index is 12.0. The van der Waals surface area contributed by atoms with Gasteiger partial charge in [0.15, 0.2) is 0 Å². The van der Waals surface area contributed by atoms with E-state index >= 15 is 0 Å². The summed E-state index contributed by atoms with van der Waals surface area (Å²) < 4.78 is 5.41. The fourth-order valence-corrected chi connectivity index (χ4v) is 1.92. The molecule has 2 aromatic rings. The molecule has 2 rings (SSSR count). The Morgan fingerprint density at radius 2 is 2.19 bits per heavy atom. The summed E-state index contributed by atoms with van der Waals surface area (Å²) in [6.07, 6.45) is 1.24. The standard InChI is InChI=1S/C14H19N5O2/c1-19(9-13-16-10-17-18-13)14(20)15-8-12(21-2)11-6-4-3-5-7-11/h3-7,10,12H,8-9H2,1-2H3,(H,15,20)(H,16,17,18)/t12-/m0/s1. The lowest BCUT2D eigenvalue weighted by molar-refractivity contribution is 0.102. The highest BCUT2D eigenvalue weighted by atomic mass is 16.5. The maximum absolute atomic E-state index is 12.0. The molecule has 0 aliphatic rings. The lowest BCUT2D eigenvalue weighted by atomic mass is 10.1. The summed E-state index contributed by atoms with van der Waals surface area (Å²) in [4.78, 5) is 17.5. The highest BCUT2D eigenvalue weighted by molar-refractivity contribution is 5.73. The highest BCUT2D eigenvalue weighted by Gasteiger charge is 2.14. The molecule has 0 radical (unpaired) electrons. The van der Waals surface area contributed by atoms with Crippen LogP contribution in [-0.2, 0) is 11.3 Å². The molecule has 21 heavy (non-hydrogen) atoms. The van der Waals surface area contributed by atoms with Crippen LogP contribution in [0.4, 0.5) is 4.79 Å². The van der Waals surface area contributed by atoms with Crippen molar-refractivity contribution in [1.29, 1.82) is 0 Å². The molecule has 0 fully saturated rings. The van der Waals surface area contributed by atoms with E-state index in [2.05, 4.69) is 20.5 Å². The first-order valence-electron chi connectivity index (χ1n) is 6.61. The number of benzene rings is 1. The fraction of sp³-hybridized carbons (Fsp3) is 0.357. The minimum absolute atomic E-state index is 0.172. The van der Waals surface area contributed by atoms with Gasteiger partial charge < -0.3 is 15.0 Å². The second-order valence-electron chi connectivity index (χ2n) is 4.61. The lowest BCUT2D eigenvalue weighted by Crippen LogP contribution is -2.39. The van der Waals surface area contributed by atoms with Gasteiger partial charge in [-0.2, -0.15) is 5.10 Å². The SMILES string of the molecule is CO[C@@H](CNC(=O)N(C)Cc1ncn[nH]1)c1ccccc1. The van der Waals surface area contributed by atoms with Crippen LogP contribution >= 0.6 is 0 Å². The number of nitrogens with one attached hydrogen (secondary N) is 2. The van der Waals surface area contributed by atoms with Gasteiger partial charge in [0.2, 0.25) is 0 Å². The number of urea groups is 1. The number of methoxy groups -OCH3 is 1. The van der Waals surface area contributed by atoms with Gasteiger partial charge in [0.05, 0.1) is 12.6 Å². The van der Waals surface area contributed by atoms with Crippen LogP contribution in [0.2, 0.25) is 0 Å². The number of H-pyrrole nitrogens is 1. The minimum atomic E-state index is -0.190. The summed E-state index contributed by atoms with van der Waals surface area (Å²) >= 11 is 0. The number of aromatic nitrogens is 3. The average Bonchev–Trinajstić information content (AvgIpc) is 3.01. The molecule has 7 heteroatoms. The number of hydrogen-bond acceptors (Lipinski definition) is 4. The van der Waals surface area contributed by atoms with E-state index in [1.165, 1.54) is 11.2 Å². The van der Waals surface area contributed by atoms with Crippen molar-refractivity contribution in [3.05, 3.63) is 48.0 Å². The zero-order valence-corrected chi connectivity index (χ0v) is 12.1. The van der Waals surface area contributed by atoms with Gasteiger partial charge >= 0.3 is 6.03 Å². The third-order valence-corrected chi connectivity index (χ3v) is 3.09. The Balaban J connectivity index is 1.84. The van der Waals surface area contributed by atoms with Crippen molar-refractivity contribution in [2.24, 2.45) is 0 Å².